The molecule has 108 valence electrons. The SMILES string of the molecule is CCC(N)C(SCCCOC)c1ccccc1OC. The van der Waals surface area contributed by atoms with Gasteiger partial charge < -0.3 is 15.2 Å². The van der Waals surface area contributed by atoms with Gasteiger partial charge in [0.05, 0.1) is 7.11 Å². The summed E-state index contributed by atoms with van der Waals surface area (Å²) in [5.41, 5.74) is 7.48. The highest BCUT2D eigenvalue weighted by Gasteiger charge is 2.21. The second-order valence-corrected chi connectivity index (χ2v) is 5.70. The molecule has 2 unspecified atom stereocenters. The molecule has 1 rings (SSSR count). The summed E-state index contributed by atoms with van der Waals surface area (Å²) >= 11 is 1.89. The van der Waals surface area contributed by atoms with Gasteiger partial charge in [0.25, 0.3) is 0 Å². The fraction of sp³-hybridized carbons (Fsp3) is 0.600. The Hall–Kier alpha value is -0.710. The number of ether oxygens (including phenoxy) is 2. The van der Waals surface area contributed by atoms with Crippen LogP contribution in [0.5, 0.6) is 5.75 Å². The maximum atomic E-state index is 6.28. The van der Waals surface area contributed by atoms with Crippen LogP contribution in [0.1, 0.15) is 30.6 Å². The molecule has 0 bridgehead atoms. The molecule has 0 spiro atoms. The van der Waals surface area contributed by atoms with Crippen LogP contribution in [0, 0.1) is 0 Å². The van der Waals surface area contributed by atoms with E-state index in [-0.39, 0.29) is 11.3 Å². The van der Waals surface area contributed by atoms with Crippen molar-refractivity contribution in [2.45, 2.75) is 31.1 Å². The van der Waals surface area contributed by atoms with E-state index in [1.54, 1.807) is 14.2 Å². The molecule has 0 amide bonds. The molecule has 0 heterocycles. The molecule has 1 aromatic carbocycles. The molecule has 0 saturated carbocycles. The topological polar surface area (TPSA) is 44.5 Å². The molecule has 0 aliphatic carbocycles. The Labute approximate surface area is 120 Å². The summed E-state index contributed by atoms with van der Waals surface area (Å²) < 4.78 is 10.5. The van der Waals surface area contributed by atoms with Crippen molar-refractivity contribution in [2.75, 3.05) is 26.6 Å². The number of methoxy groups -OCH3 is 2. The summed E-state index contributed by atoms with van der Waals surface area (Å²) in [6, 6.07) is 8.29. The van der Waals surface area contributed by atoms with Crippen LogP contribution in [0.15, 0.2) is 24.3 Å². The molecule has 2 N–H and O–H groups in total. The first-order valence-electron chi connectivity index (χ1n) is 6.73. The first-order valence-corrected chi connectivity index (χ1v) is 7.78. The van der Waals surface area contributed by atoms with E-state index in [1.165, 1.54) is 5.56 Å². The van der Waals surface area contributed by atoms with Gasteiger partial charge in [0.2, 0.25) is 0 Å². The van der Waals surface area contributed by atoms with Gasteiger partial charge in [-0.25, -0.2) is 0 Å². The Kier molecular flexibility index (Phi) is 7.94. The maximum absolute atomic E-state index is 6.28. The van der Waals surface area contributed by atoms with E-state index in [0.29, 0.717) is 0 Å². The number of hydrogen-bond acceptors (Lipinski definition) is 4. The second-order valence-electron chi connectivity index (χ2n) is 4.45. The van der Waals surface area contributed by atoms with Crippen molar-refractivity contribution in [1.29, 1.82) is 0 Å². The van der Waals surface area contributed by atoms with Crippen LogP contribution in [-0.4, -0.2) is 32.6 Å². The molecule has 0 fully saturated rings. The first kappa shape index (κ1) is 16.3. The lowest BCUT2D eigenvalue weighted by Crippen LogP contribution is -2.26. The second kappa shape index (κ2) is 9.23. The Morgan fingerprint density at radius 1 is 1.26 bits per heavy atom. The third kappa shape index (κ3) is 5.05. The molecule has 3 nitrogen and oxygen atoms in total. The van der Waals surface area contributed by atoms with Crippen LogP contribution in [0.2, 0.25) is 0 Å². The molecule has 19 heavy (non-hydrogen) atoms. The number of rotatable bonds is 9. The average molecular weight is 283 g/mol. The number of para-hydroxylation sites is 1. The molecular formula is C15H25NO2S. The van der Waals surface area contributed by atoms with Gasteiger partial charge in [0, 0.05) is 30.6 Å². The van der Waals surface area contributed by atoms with Crippen molar-refractivity contribution in [3.8, 4) is 5.75 Å². The summed E-state index contributed by atoms with van der Waals surface area (Å²) in [6.07, 6.45) is 2.00. The molecular weight excluding hydrogens is 258 g/mol. The molecule has 1 aromatic rings. The van der Waals surface area contributed by atoms with Gasteiger partial charge in [0.15, 0.2) is 0 Å². The van der Waals surface area contributed by atoms with Crippen LogP contribution in [0.3, 0.4) is 0 Å². The summed E-state index contributed by atoms with van der Waals surface area (Å²) in [7, 11) is 3.45. The van der Waals surface area contributed by atoms with E-state index < -0.39 is 0 Å². The van der Waals surface area contributed by atoms with Crippen molar-refractivity contribution in [2.24, 2.45) is 5.73 Å². The van der Waals surface area contributed by atoms with Gasteiger partial charge in [-0.15, -0.1) is 0 Å². The molecule has 0 aliphatic rings. The highest BCUT2D eigenvalue weighted by Crippen LogP contribution is 2.37. The largest absolute Gasteiger partial charge is 0.496 e. The van der Waals surface area contributed by atoms with E-state index >= 15 is 0 Å². The smallest absolute Gasteiger partial charge is 0.123 e. The molecule has 0 saturated heterocycles. The van der Waals surface area contributed by atoms with E-state index in [1.807, 2.05) is 30.0 Å². The highest BCUT2D eigenvalue weighted by atomic mass is 32.2. The third-order valence-corrected chi connectivity index (χ3v) is 4.58. The monoisotopic (exact) mass is 283 g/mol. The highest BCUT2D eigenvalue weighted by molar-refractivity contribution is 7.99. The maximum Gasteiger partial charge on any atom is 0.123 e. The summed E-state index contributed by atoms with van der Waals surface area (Å²) in [5, 5.41) is 0.276. The molecule has 0 radical (unpaired) electrons. The molecule has 0 aliphatic heterocycles. The van der Waals surface area contributed by atoms with Crippen molar-refractivity contribution in [1.82, 2.24) is 0 Å². The van der Waals surface area contributed by atoms with Crippen molar-refractivity contribution in [3.63, 3.8) is 0 Å². The standard InChI is InChI=1S/C15H25NO2S/c1-4-13(16)15(19-11-7-10-17-2)12-8-5-6-9-14(12)18-3/h5-6,8-9,13,15H,4,7,10-11,16H2,1-3H3. The van der Waals surface area contributed by atoms with E-state index in [4.69, 9.17) is 15.2 Å². The van der Waals surface area contributed by atoms with Gasteiger partial charge in [-0.3, -0.25) is 0 Å². The zero-order valence-electron chi connectivity index (χ0n) is 12.1. The van der Waals surface area contributed by atoms with Crippen LogP contribution in [0.25, 0.3) is 0 Å². The zero-order chi connectivity index (χ0) is 14.1. The lowest BCUT2D eigenvalue weighted by atomic mass is 10.0. The van der Waals surface area contributed by atoms with Crippen LogP contribution in [-0.2, 0) is 4.74 Å². The lowest BCUT2D eigenvalue weighted by Gasteiger charge is -2.24. The minimum Gasteiger partial charge on any atom is -0.496 e. The van der Waals surface area contributed by atoms with E-state index in [0.717, 1.165) is 31.0 Å². The van der Waals surface area contributed by atoms with E-state index in [9.17, 15) is 0 Å². The van der Waals surface area contributed by atoms with Crippen LogP contribution in [0.4, 0.5) is 0 Å². The van der Waals surface area contributed by atoms with Crippen molar-refractivity contribution >= 4 is 11.8 Å². The summed E-state index contributed by atoms with van der Waals surface area (Å²) in [6.45, 7) is 2.93. The van der Waals surface area contributed by atoms with Gasteiger partial charge in [-0.05, 0) is 24.7 Å². The summed E-state index contributed by atoms with van der Waals surface area (Å²) in [5.74, 6) is 1.97. The fourth-order valence-corrected chi connectivity index (χ4v) is 3.33. The first-order chi connectivity index (χ1) is 9.24. The number of thioether (sulfide) groups is 1. The minimum absolute atomic E-state index is 0.142. The van der Waals surface area contributed by atoms with Gasteiger partial charge >= 0.3 is 0 Å². The molecule has 2 atom stereocenters. The number of benzene rings is 1. The Morgan fingerprint density at radius 3 is 2.63 bits per heavy atom. The van der Waals surface area contributed by atoms with Crippen LogP contribution < -0.4 is 10.5 Å². The number of nitrogens with two attached hydrogens (primary N) is 1. The normalized spacial score (nSPS) is 14.1. The van der Waals surface area contributed by atoms with Crippen molar-refractivity contribution in [3.05, 3.63) is 29.8 Å². The molecule has 4 heteroatoms. The fourth-order valence-electron chi connectivity index (χ4n) is 1.97. The average Bonchev–Trinajstić information content (AvgIpc) is 2.46. The van der Waals surface area contributed by atoms with E-state index in [2.05, 4.69) is 13.0 Å². The number of hydrogen-bond donors (Lipinski definition) is 1. The quantitative estimate of drug-likeness (QED) is 0.707. The third-order valence-electron chi connectivity index (χ3n) is 3.10. The predicted octanol–water partition coefficient (Wildman–Crippen LogP) is 3.24. The van der Waals surface area contributed by atoms with Crippen molar-refractivity contribution < 1.29 is 9.47 Å². The minimum atomic E-state index is 0.142. The molecule has 0 aromatic heterocycles. The van der Waals surface area contributed by atoms with Crippen LogP contribution >= 0.6 is 11.8 Å². The summed E-state index contributed by atoms with van der Waals surface area (Å²) in [4.78, 5) is 0. The Morgan fingerprint density at radius 2 is 2.00 bits per heavy atom. The zero-order valence-corrected chi connectivity index (χ0v) is 12.9. The van der Waals surface area contributed by atoms with Gasteiger partial charge in [-0.1, -0.05) is 25.1 Å². The predicted molar refractivity (Wildman–Crippen MR) is 83.0 cm³/mol. The Balaban J connectivity index is 2.77. The lowest BCUT2D eigenvalue weighted by molar-refractivity contribution is 0.200. The Bertz CT molecular complexity index is 360. The van der Waals surface area contributed by atoms with Gasteiger partial charge in [-0.2, -0.15) is 11.8 Å². The van der Waals surface area contributed by atoms with Gasteiger partial charge in [0.1, 0.15) is 5.75 Å².